The Balaban J connectivity index is 1.53. The first-order valence-electron chi connectivity index (χ1n) is 12.7. The molecule has 3 N–H and O–H groups in total. The zero-order valence-electron chi connectivity index (χ0n) is 21.6. The number of aliphatic hydroxyl groups excluding tert-OH is 3. The van der Waals surface area contributed by atoms with Crippen molar-refractivity contribution in [3.63, 3.8) is 0 Å². The van der Waals surface area contributed by atoms with Crippen molar-refractivity contribution in [2.75, 3.05) is 18.6 Å². The molecule has 2 heterocycles. The molecule has 5 rings (SSSR count). The normalized spacial score (nSPS) is 27.6. The molecular weight excluding hydrogens is 641 g/mol. The molecule has 0 spiro atoms. The molecule has 14 heteroatoms. The van der Waals surface area contributed by atoms with E-state index >= 15 is 0 Å². The Kier molecular flexibility index (Phi) is 8.98. The van der Waals surface area contributed by atoms with E-state index in [1.807, 2.05) is 0 Å². The van der Waals surface area contributed by atoms with Crippen molar-refractivity contribution in [3.05, 3.63) is 62.7 Å². The van der Waals surface area contributed by atoms with Crippen LogP contribution in [0.1, 0.15) is 24.4 Å². The van der Waals surface area contributed by atoms with E-state index in [1.165, 1.54) is 16.7 Å². The molecule has 1 aliphatic carbocycles. The number of carbonyl (C=O) groups excluding carboxylic acids is 1. The van der Waals surface area contributed by atoms with Gasteiger partial charge in [0.05, 0.1) is 46.6 Å². The third kappa shape index (κ3) is 5.74. The Morgan fingerprint density at radius 2 is 2.02 bits per heavy atom. The van der Waals surface area contributed by atoms with Gasteiger partial charge in [-0.3, -0.25) is 4.79 Å². The minimum atomic E-state index is -1.32. The molecule has 1 saturated heterocycles. The van der Waals surface area contributed by atoms with Crippen molar-refractivity contribution in [3.8, 4) is 17.3 Å². The van der Waals surface area contributed by atoms with E-state index < -0.39 is 55.1 Å². The fourth-order valence-electron chi connectivity index (χ4n) is 5.23. The van der Waals surface area contributed by atoms with Gasteiger partial charge in [0, 0.05) is 22.8 Å². The molecule has 1 amide bonds. The van der Waals surface area contributed by atoms with Crippen molar-refractivity contribution in [2.45, 2.75) is 55.4 Å². The molecular formula is C27H26BrCl2N5O6. The fraction of sp³-hybridized carbons (Fsp3) is 0.407. The Labute approximate surface area is 253 Å². The molecule has 0 unspecified atom stereocenters. The number of methoxy groups -OCH3 is 1. The molecule has 1 aliphatic heterocycles. The monoisotopic (exact) mass is 665 g/mol. The van der Waals surface area contributed by atoms with Gasteiger partial charge in [0.2, 0.25) is 0 Å². The van der Waals surface area contributed by atoms with E-state index in [4.69, 9.17) is 32.7 Å². The molecule has 1 aromatic heterocycles. The van der Waals surface area contributed by atoms with Crippen LogP contribution in [0.15, 0.2) is 47.1 Å². The Hall–Kier alpha value is -2.60. The van der Waals surface area contributed by atoms with Gasteiger partial charge in [-0.1, -0.05) is 50.4 Å². The van der Waals surface area contributed by atoms with Gasteiger partial charge in [-0.25, -0.2) is 4.68 Å². The summed E-state index contributed by atoms with van der Waals surface area (Å²) < 4.78 is 13.7. The molecule has 216 valence electrons. The predicted octanol–water partition coefficient (Wildman–Crippen LogP) is 3.12. The second kappa shape index (κ2) is 12.3. The number of rotatable bonds is 7. The predicted molar refractivity (Wildman–Crippen MR) is 152 cm³/mol. The number of aliphatic hydroxyl groups is 3. The molecule has 7 atom stereocenters. The van der Waals surface area contributed by atoms with Crippen molar-refractivity contribution >= 4 is 50.7 Å². The van der Waals surface area contributed by atoms with E-state index in [0.29, 0.717) is 49.9 Å². The first-order chi connectivity index (χ1) is 19.7. The van der Waals surface area contributed by atoms with Gasteiger partial charge in [-0.05, 0) is 43.2 Å². The maximum atomic E-state index is 14.3. The highest BCUT2D eigenvalue weighted by atomic mass is 79.9. The van der Waals surface area contributed by atoms with E-state index in [-0.39, 0.29) is 0 Å². The lowest BCUT2D eigenvalue weighted by atomic mass is 9.85. The number of hydrogen-bond acceptors (Lipinski definition) is 9. The third-order valence-corrected chi connectivity index (χ3v) is 8.67. The highest BCUT2D eigenvalue weighted by molar-refractivity contribution is 9.10. The molecule has 2 fully saturated rings. The maximum Gasteiger partial charge on any atom is 0.259 e. The van der Waals surface area contributed by atoms with Gasteiger partial charge in [0.1, 0.15) is 30.0 Å². The Bertz CT molecular complexity index is 1480. The first kappa shape index (κ1) is 29.9. The van der Waals surface area contributed by atoms with Crippen molar-refractivity contribution in [2.24, 2.45) is 0 Å². The van der Waals surface area contributed by atoms with E-state index in [2.05, 4.69) is 32.3 Å². The van der Waals surface area contributed by atoms with Crippen LogP contribution in [0.4, 0.5) is 5.69 Å². The number of ether oxygens (including phenoxy) is 2. The summed E-state index contributed by atoms with van der Waals surface area (Å²) >= 11 is 15.6. The van der Waals surface area contributed by atoms with Crippen LogP contribution in [0, 0.1) is 11.3 Å². The zero-order valence-corrected chi connectivity index (χ0v) is 24.7. The second-order valence-electron chi connectivity index (χ2n) is 9.90. The summed E-state index contributed by atoms with van der Waals surface area (Å²) in [5.41, 5.74) is 1.75. The van der Waals surface area contributed by atoms with Gasteiger partial charge in [-0.15, -0.1) is 5.10 Å². The topological polar surface area (TPSA) is 154 Å². The summed E-state index contributed by atoms with van der Waals surface area (Å²) in [5.74, 6) is -0.567. The number of benzene rings is 2. The molecule has 1 saturated carbocycles. The van der Waals surface area contributed by atoms with Crippen LogP contribution in [0.2, 0.25) is 10.0 Å². The van der Waals surface area contributed by atoms with E-state index in [1.54, 1.807) is 42.6 Å². The first-order valence-corrected chi connectivity index (χ1v) is 14.3. The summed E-state index contributed by atoms with van der Waals surface area (Å²) in [6.07, 6.45) is -3.07. The zero-order chi connectivity index (χ0) is 29.4. The molecule has 41 heavy (non-hydrogen) atoms. The van der Waals surface area contributed by atoms with Crippen molar-refractivity contribution < 1.29 is 29.6 Å². The average Bonchev–Trinajstić information content (AvgIpc) is 3.45. The highest BCUT2D eigenvalue weighted by Gasteiger charge is 2.52. The number of anilines is 1. The summed E-state index contributed by atoms with van der Waals surface area (Å²) in [7, 11) is 1.37. The van der Waals surface area contributed by atoms with Crippen LogP contribution in [-0.2, 0) is 14.3 Å². The number of amides is 1. The number of hydrogen-bond donors (Lipinski definition) is 3. The largest absolute Gasteiger partial charge is 0.394 e. The molecule has 0 bridgehead atoms. The lowest BCUT2D eigenvalue weighted by molar-refractivity contribution is -0.211. The summed E-state index contributed by atoms with van der Waals surface area (Å²) in [6.45, 7) is -0.590. The van der Waals surface area contributed by atoms with Crippen LogP contribution in [0.25, 0.3) is 11.3 Å². The Morgan fingerprint density at radius 3 is 2.63 bits per heavy atom. The van der Waals surface area contributed by atoms with Crippen molar-refractivity contribution in [1.29, 1.82) is 5.26 Å². The van der Waals surface area contributed by atoms with Gasteiger partial charge in [-0.2, -0.15) is 5.26 Å². The molecule has 0 radical (unpaired) electrons. The average molecular weight is 667 g/mol. The Morgan fingerprint density at radius 1 is 1.24 bits per heavy atom. The second-order valence-corrected chi connectivity index (χ2v) is 11.6. The smallest absolute Gasteiger partial charge is 0.259 e. The lowest BCUT2D eigenvalue weighted by Crippen LogP contribution is -2.64. The van der Waals surface area contributed by atoms with Crippen LogP contribution < -0.4 is 4.90 Å². The summed E-state index contributed by atoms with van der Waals surface area (Å²) in [6, 6.07) is 10.3. The highest BCUT2D eigenvalue weighted by Crippen LogP contribution is 2.38. The van der Waals surface area contributed by atoms with E-state index in [0.717, 1.165) is 0 Å². The van der Waals surface area contributed by atoms with Gasteiger partial charge in [0.25, 0.3) is 5.91 Å². The van der Waals surface area contributed by atoms with Crippen LogP contribution >= 0.6 is 39.1 Å². The number of halogens is 3. The van der Waals surface area contributed by atoms with Crippen molar-refractivity contribution in [1.82, 2.24) is 15.0 Å². The summed E-state index contributed by atoms with van der Waals surface area (Å²) in [5, 5.41) is 50.5. The van der Waals surface area contributed by atoms with Gasteiger partial charge in [0.15, 0.2) is 6.10 Å². The molecule has 3 aromatic rings. The lowest BCUT2D eigenvalue weighted by Gasteiger charge is -2.47. The summed E-state index contributed by atoms with van der Waals surface area (Å²) in [4.78, 5) is 15.7. The molecule has 11 nitrogen and oxygen atoms in total. The molecule has 2 aliphatic rings. The standard InChI is InChI=1S/C27H26BrCl2N5O6/c1-40-25-23(34-11-19(32-33-34)14-2-3-17(29)18(30)8-14)24(38)22(12-36)41-26(25)27(39)35(20-4-5-21(20)37)16-7-13(10-31)6-15(28)9-16/h2-3,6-9,11,20-26,36-38H,4-5,12H2,1H3/t20-,21-,22-,23+,24+,25-,26-/m1/s1. The number of carbonyl (C=O) groups is 1. The van der Waals surface area contributed by atoms with Crippen LogP contribution in [0.3, 0.4) is 0 Å². The third-order valence-electron chi connectivity index (χ3n) is 7.48. The molecule has 2 aromatic carbocycles. The SMILES string of the molecule is CO[C@@H]1[C@@H](n2cc(-c3ccc(Cl)c(Cl)c3)nn2)[C@@H](O)[C@@H](CO)O[C@H]1C(=O)N(c1cc(Br)cc(C#N)c1)[C@@H]1CC[C@H]1O. The fourth-order valence-corrected chi connectivity index (χ4v) is 6.01. The minimum Gasteiger partial charge on any atom is -0.394 e. The van der Waals surface area contributed by atoms with E-state index in [9.17, 15) is 25.4 Å². The minimum absolute atomic E-state index is 0.313. The number of aromatic nitrogens is 3. The van der Waals surface area contributed by atoms with Crippen LogP contribution in [-0.4, -0.2) is 86.5 Å². The number of nitrogens with zero attached hydrogens (tertiary/aromatic N) is 5. The van der Waals surface area contributed by atoms with Gasteiger partial charge >= 0.3 is 0 Å². The van der Waals surface area contributed by atoms with Crippen LogP contribution in [0.5, 0.6) is 0 Å². The number of nitriles is 1. The maximum absolute atomic E-state index is 14.3. The quantitative estimate of drug-likeness (QED) is 0.345. The van der Waals surface area contributed by atoms with Gasteiger partial charge < -0.3 is 29.7 Å².